The molecule has 0 heterocycles. The van der Waals surface area contributed by atoms with Crippen molar-refractivity contribution in [1.82, 2.24) is 0 Å². The van der Waals surface area contributed by atoms with Crippen LogP contribution < -0.4 is 0 Å². The highest BCUT2D eigenvalue weighted by molar-refractivity contribution is 5.92. The van der Waals surface area contributed by atoms with E-state index in [1.807, 2.05) is 6.92 Å². The first-order valence-electron chi connectivity index (χ1n) is 7.08. The van der Waals surface area contributed by atoms with Gasteiger partial charge in [-0.25, -0.2) is 9.59 Å². The minimum absolute atomic E-state index is 0.143. The maximum absolute atomic E-state index is 11.7. The number of aliphatic carboxylic acids is 1. The highest BCUT2D eigenvalue weighted by atomic mass is 16.5. The van der Waals surface area contributed by atoms with Crippen LogP contribution in [0.1, 0.15) is 51.9 Å². The molecule has 2 aliphatic carbocycles. The molecule has 0 radical (unpaired) electrons. The number of allylic oxidation sites excluding steroid dienone is 3. The molecular formula is C16H20O4. The number of hydrogen-bond acceptors (Lipinski definition) is 3. The second-order valence-corrected chi connectivity index (χ2v) is 5.40. The lowest BCUT2D eigenvalue weighted by atomic mass is 9.90. The topological polar surface area (TPSA) is 63.6 Å². The van der Waals surface area contributed by atoms with Gasteiger partial charge in [0.1, 0.15) is 6.26 Å². The highest BCUT2D eigenvalue weighted by Crippen LogP contribution is 2.28. The third-order valence-corrected chi connectivity index (χ3v) is 3.90. The summed E-state index contributed by atoms with van der Waals surface area (Å²) in [7, 11) is 0. The minimum atomic E-state index is -1.02. The van der Waals surface area contributed by atoms with Gasteiger partial charge in [0.25, 0.3) is 0 Å². The zero-order valence-electron chi connectivity index (χ0n) is 11.8. The van der Waals surface area contributed by atoms with E-state index in [-0.39, 0.29) is 5.57 Å². The van der Waals surface area contributed by atoms with Crippen molar-refractivity contribution in [2.24, 2.45) is 0 Å². The van der Waals surface area contributed by atoms with Crippen LogP contribution in [0.25, 0.3) is 0 Å². The first-order chi connectivity index (χ1) is 9.58. The summed E-state index contributed by atoms with van der Waals surface area (Å²) < 4.78 is 5.01. The van der Waals surface area contributed by atoms with Crippen LogP contribution in [-0.2, 0) is 14.3 Å². The lowest BCUT2D eigenvalue weighted by Crippen LogP contribution is -2.14. The Labute approximate surface area is 118 Å². The maximum atomic E-state index is 11.7. The number of esters is 1. The largest absolute Gasteiger partial charge is 0.478 e. The molecule has 0 saturated carbocycles. The molecule has 0 unspecified atom stereocenters. The van der Waals surface area contributed by atoms with Crippen LogP contribution in [0, 0.1) is 0 Å². The van der Waals surface area contributed by atoms with E-state index in [2.05, 4.69) is 6.08 Å². The van der Waals surface area contributed by atoms with Gasteiger partial charge in [0.2, 0.25) is 0 Å². The third kappa shape index (κ3) is 3.59. The Balaban J connectivity index is 1.99. The minimum Gasteiger partial charge on any atom is -0.478 e. The first-order valence-corrected chi connectivity index (χ1v) is 7.08. The van der Waals surface area contributed by atoms with Gasteiger partial charge in [-0.05, 0) is 45.4 Å². The normalized spacial score (nSPS) is 19.2. The smallest absolute Gasteiger partial charge is 0.338 e. The predicted molar refractivity (Wildman–Crippen MR) is 74.9 cm³/mol. The van der Waals surface area contributed by atoms with Gasteiger partial charge >= 0.3 is 11.9 Å². The molecule has 0 saturated heterocycles. The van der Waals surface area contributed by atoms with Crippen LogP contribution in [0.15, 0.2) is 34.6 Å². The number of carbonyl (C=O) groups is 2. The van der Waals surface area contributed by atoms with Crippen molar-refractivity contribution in [2.75, 3.05) is 0 Å². The molecule has 2 aliphatic rings. The molecular weight excluding hydrogens is 256 g/mol. The second-order valence-electron chi connectivity index (χ2n) is 5.40. The monoisotopic (exact) mass is 276 g/mol. The second kappa shape index (κ2) is 6.55. The van der Waals surface area contributed by atoms with Crippen LogP contribution in [-0.4, -0.2) is 17.0 Å². The zero-order chi connectivity index (χ0) is 14.5. The summed E-state index contributed by atoms with van der Waals surface area (Å²) >= 11 is 0. The number of ether oxygens (including phenoxy) is 1. The van der Waals surface area contributed by atoms with Crippen molar-refractivity contribution in [3.8, 4) is 0 Å². The fourth-order valence-corrected chi connectivity index (χ4v) is 2.45. The lowest BCUT2D eigenvalue weighted by Gasteiger charge is -2.18. The fourth-order valence-electron chi connectivity index (χ4n) is 2.45. The predicted octanol–water partition coefficient (Wildman–Crippen LogP) is 3.50. The average molecular weight is 276 g/mol. The Bertz CT molecular complexity index is 509. The van der Waals surface area contributed by atoms with E-state index in [0.717, 1.165) is 55.9 Å². The van der Waals surface area contributed by atoms with E-state index in [4.69, 9.17) is 4.74 Å². The number of carboxylic acids is 1. The summed E-state index contributed by atoms with van der Waals surface area (Å²) in [5.41, 5.74) is 2.99. The van der Waals surface area contributed by atoms with E-state index in [0.29, 0.717) is 12.0 Å². The zero-order valence-corrected chi connectivity index (χ0v) is 11.8. The molecule has 0 aliphatic heterocycles. The molecule has 0 amide bonds. The summed E-state index contributed by atoms with van der Waals surface area (Å²) in [6, 6.07) is 0. The van der Waals surface area contributed by atoms with E-state index < -0.39 is 11.9 Å². The summed E-state index contributed by atoms with van der Waals surface area (Å²) in [5, 5.41) is 9.18. The van der Waals surface area contributed by atoms with Crippen LogP contribution >= 0.6 is 0 Å². The third-order valence-electron chi connectivity index (χ3n) is 3.90. The summed E-state index contributed by atoms with van der Waals surface area (Å²) in [5.74, 6) is -1.44. The van der Waals surface area contributed by atoms with E-state index in [1.54, 1.807) is 0 Å². The van der Waals surface area contributed by atoms with Gasteiger partial charge in [-0.3, -0.25) is 0 Å². The van der Waals surface area contributed by atoms with E-state index in [9.17, 15) is 14.7 Å². The molecule has 0 atom stereocenters. The van der Waals surface area contributed by atoms with Crippen molar-refractivity contribution in [1.29, 1.82) is 0 Å². The molecule has 4 nitrogen and oxygen atoms in total. The van der Waals surface area contributed by atoms with Crippen LogP contribution in [0.4, 0.5) is 0 Å². The van der Waals surface area contributed by atoms with Crippen molar-refractivity contribution >= 4 is 11.9 Å². The highest BCUT2D eigenvalue weighted by Gasteiger charge is 2.22. The molecule has 108 valence electrons. The Morgan fingerprint density at radius 2 is 2.10 bits per heavy atom. The van der Waals surface area contributed by atoms with Crippen molar-refractivity contribution < 1.29 is 19.4 Å². The maximum Gasteiger partial charge on any atom is 0.338 e. The molecule has 0 aromatic rings. The van der Waals surface area contributed by atoms with Gasteiger partial charge in [-0.1, -0.05) is 17.2 Å². The summed E-state index contributed by atoms with van der Waals surface area (Å²) in [6.45, 7) is 1.90. The number of hydrogen-bond donors (Lipinski definition) is 1. The Morgan fingerprint density at radius 1 is 1.30 bits per heavy atom. The van der Waals surface area contributed by atoms with Crippen molar-refractivity contribution in [2.45, 2.75) is 51.9 Å². The van der Waals surface area contributed by atoms with E-state index >= 15 is 0 Å². The average Bonchev–Trinajstić information content (AvgIpc) is 2.42. The Hall–Kier alpha value is -1.84. The quantitative estimate of drug-likeness (QED) is 0.361. The summed E-state index contributed by atoms with van der Waals surface area (Å²) in [4.78, 5) is 22.9. The molecule has 20 heavy (non-hydrogen) atoms. The van der Waals surface area contributed by atoms with Gasteiger partial charge in [-0.2, -0.15) is 0 Å². The first kappa shape index (κ1) is 14.6. The van der Waals surface area contributed by atoms with Crippen molar-refractivity contribution in [3.05, 3.63) is 34.6 Å². The molecule has 0 aromatic heterocycles. The molecule has 0 bridgehead atoms. The molecule has 1 N–H and O–H groups in total. The van der Waals surface area contributed by atoms with Crippen LogP contribution in [0.5, 0.6) is 0 Å². The molecule has 2 rings (SSSR count). The Morgan fingerprint density at radius 3 is 2.60 bits per heavy atom. The fraction of sp³-hybridized carbons (Fsp3) is 0.500. The van der Waals surface area contributed by atoms with Crippen LogP contribution in [0.3, 0.4) is 0 Å². The molecule has 4 heteroatoms. The molecule has 0 spiro atoms. The number of carbonyl (C=O) groups excluding carboxylic acids is 1. The standard InChI is InChI=1S/C16H20O4/c1-11-7-8-14(11)16(19)20-10-13(15(17)18)9-12-5-3-2-4-6-12/h5,10H,2-4,6-9H2,1H3,(H,17,18). The Kier molecular flexibility index (Phi) is 4.77. The number of rotatable bonds is 5. The van der Waals surface area contributed by atoms with Gasteiger partial charge in [0.15, 0.2) is 0 Å². The van der Waals surface area contributed by atoms with Crippen molar-refractivity contribution in [3.63, 3.8) is 0 Å². The van der Waals surface area contributed by atoms with Gasteiger partial charge in [-0.15, -0.1) is 0 Å². The van der Waals surface area contributed by atoms with E-state index in [1.165, 1.54) is 0 Å². The number of carboxylic acid groups (broad SMARTS) is 1. The summed E-state index contributed by atoms with van der Waals surface area (Å²) in [6.07, 6.45) is 9.43. The lowest BCUT2D eigenvalue weighted by molar-refractivity contribution is -0.134. The molecule has 0 aromatic carbocycles. The van der Waals surface area contributed by atoms with Gasteiger partial charge in [0, 0.05) is 12.0 Å². The van der Waals surface area contributed by atoms with Gasteiger partial charge in [0.05, 0.1) is 5.57 Å². The molecule has 0 fully saturated rings. The SMILES string of the molecule is CC1=C(C(=O)OC=C(CC2=CCCCC2)C(=O)O)CC1. The van der Waals surface area contributed by atoms with Crippen LogP contribution in [0.2, 0.25) is 0 Å². The van der Waals surface area contributed by atoms with Gasteiger partial charge < -0.3 is 9.84 Å².